The van der Waals surface area contributed by atoms with Crippen molar-refractivity contribution < 1.29 is 14.3 Å². The number of methoxy groups -OCH3 is 1. The van der Waals surface area contributed by atoms with E-state index in [1.54, 1.807) is 7.11 Å². The molecule has 1 aliphatic carbocycles. The Kier molecular flexibility index (Phi) is 5.74. The van der Waals surface area contributed by atoms with E-state index in [-0.39, 0.29) is 23.8 Å². The molecule has 1 fully saturated rings. The maximum Gasteiger partial charge on any atom is 0.317 e. The second-order valence-electron chi connectivity index (χ2n) is 6.78. The first kappa shape index (κ1) is 17.5. The van der Waals surface area contributed by atoms with E-state index in [2.05, 4.69) is 17.5 Å². The molecule has 0 radical (unpaired) electrons. The van der Waals surface area contributed by atoms with Crippen molar-refractivity contribution in [2.45, 2.75) is 38.1 Å². The lowest BCUT2D eigenvalue weighted by molar-refractivity contribution is 0.0853. The number of likely N-dealkylation sites (tertiary alicyclic amines) is 1. The SMILES string of the molecule is COc1ccc(C(=O)C2CCN(C(=O)N[C@H]3CC=CCC3)CC2)cc1. The topological polar surface area (TPSA) is 58.6 Å². The van der Waals surface area contributed by atoms with Crippen molar-refractivity contribution in [2.75, 3.05) is 20.2 Å². The number of carbonyl (C=O) groups is 2. The number of hydrogen-bond acceptors (Lipinski definition) is 3. The van der Waals surface area contributed by atoms with Crippen LogP contribution in [0.5, 0.6) is 5.75 Å². The minimum atomic E-state index is -0.00458. The normalized spacial score (nSPS) is 21.0. The van der Waals surface area contributed by atoms with Gasteiger partial charge < -0.3 is 15.0 Å². The molecule has 1 aromatic rings. The third-order valence-corrected chi connectivity index (χ3v) is 5.12. The average molecular weight is 342 g/mol. The highest BCUT2D eigenvalue weighted by atomic mass is 16.5. The predicted octanol–water partition coefficient (Wildman–Crippen LogP) is 3.41. The number of piperidine rings is 1. The van der Waals surface area contributed by atoms with Gasteiger partial charge in [-0.25, -0.2) is 4.79 Å². The molecule has 1 saturated heterocycles. The van der Waals surface area contributed by atoms with Crippen LogP contribution in [0, 0.1) is 5.92 Å². The highest BCUT2D eigenvalue weighted by Crippen LogP contribution is 2.23. The Morgan fingerprint density at radius 3 is 2.40 bits per heavy atom. The molecule has 5 heteroatoms. The van der Waals surface area contributed by atoms with Gasteiger partial charge in [0.2, 0.25) is 0 Å². The predicted molar refractivity (Wildman–Crippen MR) is 96.9 cm³/mol. The molecule has 0 spiro atoms. The van der Waals surface area contributed by atoms with E-state index in [9.17, 15) is 9.59 Å². The monoisotopic (exact) mass is 342 g/mol. The zero-order chi connectivity index (χ0) is 17.6. The number of hydrogen-bond donors (Lipinski definition) is 1. The Bertz CT molecular complexity index is 631. The van der Waals surface area contributed by atoms with Gasteiger partial charge in [0.1, 0.15) is 5.75 Å². The standard InChI is InChI=1S/C20H26N2O3/c1-25-18-9-7-15(8-10-18)19(23)16-11-13-22(14-12-16)20(24)21-17-5-3-2-4-6-17/h2-3,7-10,16-17H,4-6,11-14H2,1H3,(H,21,24)/t17-/m0/s1. The number of nitrogens with zero attached hydrogens (tertiary/aromatic N) is 1. The first-order chi connectivity index (χ1) is 12.2. The van der Waals surface area contributed by atoms with E-state index in [0.29, 0.717) is 13.1 Å². The average Bonchev–Trinajstić information content (AvgIpc) is 2.68. The van der Waals surface area contributed by atoms with Crippen LogP contribution in [0.4, 0.5) is 4.79 Å². The van der Waals surface area contributed by atoms with Crippen LogP contribution in [0.15, 0.2) is 36.4 Å². The summed E-state index contributed by atoms with van der Waals surface area (Å²) in [6, 6.07) is 7.52. The highest BCUT2D eigenvalue weighted by molar-refractivity contribution is 5.98. The molecule has 1 aromatic carbocycles. The number of nitrogens with one attached hydrogen (secondary N) is 1. The molecule has 5 nitrogen and oxygen atoms in total. The number of allylic oxidation sites excluding steroid dienone is 1. The first-order valence-electron chi connectivity index (χ1n) is 9.06. The number of amides is 2. The molecule has 3 rings (SSSR count). The lowest BCUT2D eigenvalue weighted by Gasteiger charge is -2.33. The molecule has 1 atom stereocenters. The van der Waals surface area contributed by atoms with Crippen molar-refractivity contribution in [2.24, 2.45) is 5.92 Å². The quantitative estimate of drug-likeness (QED) is 0.674. The van der Waals surface area contributed by atoms with Crippen LogP contribution in [0.3, 0.4) is 0 Å². The molecule has 0 bridgehead atoms. The fourth-order valence-electron chi connectivity index (χ4n) is 3.53. The first-order valence-corrected chi connectivity index (χ1v) is 9.06. The number of carbonyl (C=O) groups excluding carboxylic acids is 2. The van der Waals surface area contributed by atoms with Gasteiger partial charge in [-0.15, -0.1) is 0 Å². The number of benzene rings is 1. The summed E-state index contributed by atoms with van der Waals surface area (Å²) in [5.74, 6) is 0.913. The number of rotatable bonds is 4. The minimum Gasteiger partial charge on any atom is -0.497 e. The fraction of sp³-hybridized carbons (Fsp3) is 0.500. The smallest absolute Gasteiger partial charge is 0.317 e. The third kappa shape index (κ3) is 4.41. The van der Waals surface area contributed by atoms with Gasteiger partial charge in [0.15, 0.2) is 5.78 Å². The van der Waals surface area contributed by atoms with Crippen molar-refractivity contribution in [1.82, 2.24) is 10.2 Å². The molecule has 2 amide bonds. The Morgan fingerprint density at radius 2 is 1.80 bits per heavy atom. The van der Waals surface area contributed by atoms with E-state index in [1.165, 1.54) is 0 Å². The van der Waals surface area contributed by atoms with Crippen LogP contribution in [-0.4, -0.2) is 43.0 Å². The molecule has 1 heterocycles. The Hall–Kier alpha value is -2.30. The number of ketones is 1. The van der Waals surface area contributed by atoms with Crippen molar-refractivity contribution in [1.29, 1.82) is 0 Å². The Labute approximate surface area is 149 Å². The van der Waals surface area contributed by atoms with Gasteiger partial charge in [-0.05, 0) is 56.4 Å². The number of ether oxygens (including phenoxy) is 1. The van der Waals surface area contributed by atoms with Crippen molar-refractivity contribution in [3.8, 4) is 5.75 Å². The van der Waals surface area contributed by atoms with Crippen LogP contribution in [0.1, 0.15) is 42.5 Å². The second kappa shape index (κ2) is 8.19. The molecule has 0 aromatic heterocycles. The molecule has 0 saturated carbocycles. The van der Waals surface area contributed by atoms with E-state index in [1.807, 2.05) is 29.2 Å². The maximum atomic E-state index is 12.6. The highest BCUT2D eigenvalue weighted by Gasteiger charge is 2.28. The largest absolute Gasteiger partial charge is 0.497 e. The van der Waals surface area contributed by atoms with Gasteiger partial charge in [-0.2, -0.15) is 0 Å². The van der Waals surface area contributed by atoms with E-state index in [4.69, 9.17) is 4.74 Å². The van der Waals surface area contributed by atoms with Crippen molar-refractivity contribution in [3.05, 3.63) is 42.0 Å². The summed E-state index contributed by atoms with van der Waals surface area (Å²) < 4.78 is 5.13. The van der Waals surface area contributed by atoms with Gasteiger partial charge in [-0.1, -0.05) is 12.2 Å². The molecule has 134 valence electrons. The Balaban J connectivity index is 1.49. The van der Waals surface area contributed by atoms with Crippen molar-refractivity contribution >= 4 is 11.8 Å². The summed E-state index contributed by atoms with van der Waals surface area (Å²) >= 11 is 0. The number of urea groups is 1. The minimum absolute atomic E-state index is 0.00458. The van der Waals surface area contributed by atoms with Crippen LogP contribution < -0.4 is 10.1 Å². The summed E-state index contributed by atoms with van der Waals surface area (Å²) in [4.78, 5) is 26.8. The third-order valence-electron chi connectivity index (χ3n) is 5.12. The van der Waals surface area contributed by atoms with E-state index < -0.39 is 0 Å². The summed E-state index contributed by atoms with van der Waals surface area (Å²) in [7, 11) is 1.61. The van der Waals surface area contributed by atoms with Crippen LogP contribution in [0.25, 0.3) is 0 Å². The Morgan fingerprint density at radius 1 is 1.08 bits per heavy atom. The molecular formula is C20H26N2O3. The number of Topliss-reactive ketones (excluding diaryl/α,β-unsaturated/α-hetero) is 1. The summed E-state index contributed by atoms with van der Waals surface area (Å²) in [5, 5.41) is 3.11. The lowest BCUT2D eigenvalue weighted by Crippen LogP contribution is -2.48. The maximum absolute atomic E-state index is 12.6. The second-order valence-corrected chi connectivity index (χ2v) is 6.78. The molecule has 2 aliphatic rings. The van der Waals surface area contributed by atoms with Crippen LogP contribution >= 0.6 is 0 Å². The molecule has 1 N–H and O–H groups in total. The van der Waals surface area contributed by atoms with E-state index >= 15 is 0 Å². The van der Waals surface area contributed by atoms with Gasteiger partial charge in [0, 0.05) is 30.6 Å². The van der Waals surface area contributed by atoms with Crippen molar-refractivity contribution in [3.63, 3.8) is 0 Å². The van der Waals surface area contributed by atoms with Gasteiger partial charge in [-0.3, -0.25) is 4.79 Å². The van der Waals surface area contributed by atoms with Gasteiger partial charge >= 0.3 is 6.03 Å². The molecule has 25 heavy (non-hydrogen) atoms. The zero-order valence-electron chi connectivity index (χ0n) is 14.7. The molecule has 1 aliphatic heterocycles. The van der Waals surface area contributed by atoms with E-state index in [0.717, 1.165) is 43.4 Å². The lowest BCUT2D eigenvalue weighted by atomic mass is 9.89. The summed E-state index contributed by atoms with van der Waals surface area (Å²) in [6.45, 7) is 1.28. The van der Waals surface area contributed by atoms with Gasteiger partial charge in [0.25, 0.3) is 0 Å². The molecule has 0 unspecified atom stereocenters. The summed E-state index contributed by atoms with van der Waals surface area (Å²) in [5.41, 5.74) is 0.720. The molecular weight excluding hydrogens is 316 g/mol. The van der Waals surface area contributed by atoms with Crippen LogP contribution in [-0.2, 0) is 0 Å². The van der Waals surface area contributed by atoms with Crippen LogP contribution in [0.2, 0.25) is 0 Å². The van der Waals surface area contributed by atoms with Gasteiger partial charge in [0.05, 0.1) is 7.11 Å². The zero-order valence-corrected chi connectivity index (χ0v) is 14.7. The summed E-state index contributed by atoms with van der Waals surface area (Å²) in [6.07, 6.45) is 8.70. The fourth-order valence-corrected chi connectivity index (χ4v) is 3.53.